The third-order valence-corrected chi connectivity index (χ3v) is 4.59. The fourth-order valence-corrected chi connectivity index (χ4v) is 3.43. The Morgan fingerprint density at radius 2 is 1.79 bits per heavy atom. The SMILES string of the molecule is COc1ccc2c(c1OC)OC(Cc1ccc3ccccc3c1)C2. The Morgan fingerprint density at radius 3 is 2.58 bits per heavy atom. The van der Waals surface area contributed by atoms with E-state index in [0.29, 0.717) is 11.5 Å². The highest BCUT2D eigenvalue weighted by molar-refractivity contribution is 5.83. The van der Waals surface area contributed by atoms with Gasteiger partial charge in [-0.2, -0.15) is 0 Å². The van der Waals surface area contributed by atoms with E-state index in [0.717, 1.165) is 18.6 Å². The van der Waals surface area contributed by atoms with E-state index in [2.05, 4.69) is 48.5 Å². The van der Waals surface area contributed by atoms with Crippen LogP contribution in [-0.4, -0.2) is 20.3 Å². The highest BCUT2D eigenvalue weighted by Crippen LogP contribution is 2.44. The lowest BCUT2D eigenvalue weighted by Gasteiger charge is -2.14. The first-order valence-corrected chi connectivity index (χ1v) is 8.16. The number of ether oxygens (including phenoxy) is 3. The molecule has 1 unspecified atom stereocenters. The summed E-state index contributed by atoms with van der Waals surface area (Å²) >= 11 is 0. The molecule has 122 valence electrons. The summed E-state index contributed by atoms with van der Waals surface area (Å²) in [7, 11) is 3.30. The van der Waals surface area contributed by atoms with Crippen molar-refractivity contribution < 1.29 is 14.2 Å². The second kappa shape index (κ2) is 6.08. The topological polar surface area (TPSA) is 27.7 Å². The van der Waals surface area contributed by atoms with E-state index >= 15 is 0 Å². The molecule has 0 saturated carbocycles. The van der Waals surface area contributed by atoms with Crippen LogP contribution in [0.2, 0.25) is 0 Å². The van der Waals surface area contributed by atoms with E-state index in [1.54, 1.807) is 14.2 Å². The standard InChI is InChI=1S/C21H20O3/c1-22-19-10-9-17-13-18(24-20(17)21(19)23-2)12-14-7-8-15-5-3-4-6-16(15)11-14/h3-11,18H,12-13H2,1-2H3. The van der Waals surface area contributed by atoms with Gasteiger partial charge in [0.15, 0.2) is 11.5 Å². The molecule has 3 heteroatoms. The minimum Gasteiger partial charge on any atom is -0.493 e. The largest absolute Gasteiger partial charge is 0.493 e. The smallest absolute Gasteiger partial charge is 0.203 e. The quantitative estimate of drug-likeness (QED) is 0.713. The molecule has 1 heterocycles. The van der Waals surface area contributed by atoms with Gasteiger partial charge in [-0.1, -0.05) is 48.5 Å². The van der Waals surface area contributed by atoms with Gasteiger partial charge in [0.2, 0.25) is 5.75 Å². The zero-order valence-electron chi connectivity index (χ0n) is 13.9. The molecule has 0 spiro atoms. The van der Waals surface area contributed by atoms with E-state index < -0.39 is 0 Å². The zero-order chi connectivity index (χ0) is 16.5. The number of benzene rings is 3. The highest BCUT2D eigenvalue weighted by atomic mass is 16.5. The van der Waals surface area contributed by atoms with Gasteiger partial charge in [0.05, 0.1) is 14.2 Å². The maximum atomic E-state index is 6.18. The van der Waals surface area contributed by atoms with Crippen LogP contribution in [0.5, 0.6) is 17.2 Å². The summed E-state index contributed by atoms with van der Waals surface area (Å²) in [5.41, 5.74) is 2.47. The number of hydrogen-bond donors (Lipinski definition) is 0. The van der Waals surface area contributed by atoms with Gasteiger partial charge in [-0.3, -0.25) is 0 Å². The summed E-state index contributed by atoms with van der Waals surface area (Å²) in [4.78, 5) is 0. The summed E-state index contributed by atoms with van der Waals surface area (Å²) in [6.45, 7) is 0. The molecule has 3 nitrogen and oxygen atoms in total. The fourth-order valence-electron chi connectivity index (χ4n) is 3.43. The van der Waals surface area contributed by atoms with Crippen molar-refractivity contribution in [2.45, 2.75) is 18.9 Å². The van der Waals surface area contributed by atoms with Crippen molar-refractivity contribution in [1.82, 2.24) is 0 Å². The van der Waals surface area contributed by atoms with Gasteiger partial charge >= 0.3 is 0 Å². The molecule has 0 amide bonds. The Morgan fingerprint density at radius 1 is 0.958 bits per heavy atom. The van der Waals surface area contributed by atoms with Gasteiger partial charge in [-0.05, 0) is 22.4 Å². The van der Waals surface area contributed by atoms with Crippen LogP contribution >= 0.6 is 0 Å². The minimum absolute atomic E-state index is 0.127. The first kappa shape index (κ1) is 14.9. The van der Waals surface area contributed by atoms with Crippen LogP contribution in [0.3, 0.4) is 0 Å². The number of fused-ring (bicyclic) bond motifs is 2. The normalized spacial score (nSPS) is 15.8. The minimum atomic E-state index is 0.127. The van der Waals surface area contributed by atoms with Gasteiger partial charge in [0.25, 0.3) is 0 Å². The molecule has 0 aromatic heterocycles. The van der Waals surface area contributed by atoms with Crippen LogP contribution in [-0.2, 0) is 12.8 Å². The molecule has 4 rings (SSSR count). The van der Waals surface area contributed by atoms with Gasteiger partial charge < -0.3 is 14.2 Å². The lowest BCUT2D eigenvalue weighted by molar-refractivity contribution is 0.221. The first-order chi connectivity index (χ1) is 11.8. The fraction of sp³-hybridized carbons (Fsp3) is 0.238. The van der Waals surface area contributed by atoms with E-state index in [1.807, 2.05) is 6.07 Å². The Balaban J connectivity index is 1.58. The molecule has 0 radical (unpaired) electrons. The van der Waals surface area contributed by atoms with Gasteiger partial charge in [-0.15, -0.1) is 0 Å². The Bertz CT molecular complexity index is 885. The van der Waals surface area contributed by atoms with Crippen molar-refractivity contribution in [3.8, 4) is 17.2 Å². The maximum Gasteiger partial charge on any atom is 0.203 e. The Kier molecular flexibility index (Phi) is 3.77. The number of hydrogen-bond acceptors (Lipinski definition) is 3. The van der Waals surface area contributed by atoms with Crippen molar-refractivity contribution in [2.24, 2.45) is 0 Å². The van der Waals surface area contributed by atoms with Crippen LogP contribution in [0.15, 0.2) is 54.6 Å². The molecule has 0 N–H and O–H groups in total. The summed E-state index contributed by atoms with van der Waals surface area (Å²) < 4.78 is 17.0. The van der Waals surface area contributed by atoms with Crippen molar-refractivity contribution in [1.29, 1.82) is 0 Å². The van der Waals surface area contributed by atoms with E-state index in [-0.39, 0.29) is 6.10 Å². The molecule has 3 aromatic rings. The summed E-state index contributed by atoms with van der Waals surface area (Å²) in [5, 5.41) is 2.54. The van der Waals surface area contributed by atoms with E-state index in [4.69, 9.17) is 14.2 Å². The van der Waals surface area contributed by atoms with Crippen LogP contribution in [0.4, 0.5) is 0 Å². The average Bonchev–Trinajstić information content (AvgIpc) is 3.03. The summed E-state index contributed by atoms with van der Waals surface area (Å²) in [6, 6.07) is 19.1. The summed E-state index contributed by atoms with van der Waals surface area (Å²) in [5.74, 6) is 2.22. The molecule has 0 fully saturated rings. The predicted octanol–water partition coefficient (Wildman–Crippen LogP) is 4.40. The molecular formula is C21H20O3. The van der Waals surface area contributed by atoms with Crippen LogP contribution < -0.4 is 14.2 Å². The van der Waals surface area contributed by atoms with Gasteiger partial charge in [0.1, 0.15) is 6.10 Å². The third kappa shape index (κ3) is 2.56. The molecule has 0 saturated heterocycles. The first-order valence-electron chi connectivity index (χ1n) is 8.16. The Labute approximate surface area is 141 Å². The average molecular weight is 320 g/mol. The van der Waals surface area contributed by atoms with Crippen molar-refractivity contribution in [2.75, 3.05) is 14.2 Å². The van der Waals surface area contributed by atoms with Crippen molar-refractivity contribution in [3.63, 3.8) is 0 Å². The maximum absolute atomic E-state index is 6.18. The second-order valence-electron chi connectivity index (χ2n) is 6.12. The summed E-state index contributed by atoms with van der Waals surface area (Å²) in [6.07, 6.45) is 1.90. The third-order valence-electron chi connectivity index (χ3n) is 4.59. The molecule has 1 aliphatic rings. The molecule has 0 bridgehead atoms. The molecule has 0 aliphatic carbocycles. The van der Waals surface area contributed by atoms with Crippen molar-refractivity contribution in [3.05, 3.63) is 65.7 Å². The zero-order valence-corrected chi connectivity index (χ0v) is 13.9. The predicted molar refractivity (Wildman–Crippen MR) is 95.3 cm³/mol. The second-order valence-corrected chi connectivity index (χ2v) is 6.12. The molecular weight excluding hydrogens is 300 g/mol. The highest BCUT2D eigenvalue weighted by Gasteiger charge is 2.28. The van der Waals surface area contributed by atoms with E-state index in [1.165, 1.54) is 21.9 Å². The van der Waals surface area contributed by atoms with Gasteiger partial charge in [0, 0.05) is 18.4 Å². The Hall–Kier alpha value is -2.68. The number of methoxy groups -OCH3 is 2. The molecule has 1 aliphatic heterocycles. The van der Waals surface area contributed by atoms with Gasteiger partial charge in [-0.25, -0.2) is 0 Å². The van der Waals surface area contributed by atoms with E-state index in [9.17, 15) is 0 Å². The monoisotopic (exact) mass is 320 g/mol. The molecule has 24 heavy (non-hydrogen) atoms. The lowest BCUT2D eigenvalue weighted by atomic mass is 10.0. The van der Waals surface area contributed by atoms with Crippen LogP contribution in [0, 0.1) is 0 Å². The number of rotatable bonds is 4. The van der Waals surface area contributed by atoms with Crippen LogP contribution in [0.1, 0.15) is 11.1 Å². The lowest BCUT2D eigenvalue weighted by Crippen LogP contribution is -2.16. The molecule has 1 atom stereocenters. The molecule has 3 aromatic carbocycles. The van der Waals surface area contributed by atoms with Crippen LogP contribution in [0.25, 0.3) is 10.8 Å². The van der Waals surface area contributed by atoms with Crippen molar-refractivity contribution >= 4 is 10.8 Å².